The number of hydrogen-bond donors (Lipinski definition) is 7. The first-order valence-electron chi connectivity index (χ1n) is 22.9. The highest BCUT2D eigenvalue weighted by molar-refractivity contribution is 7.66. The van der Waals surface area contributed by atoms with E-state index < -0.39 is 60.0 Å². The molecule has 0 radical (unpaired) electrons. The summed E-state index contributed by atoms with van der Waals surface area (Å²) in [6, 6.07) is 6.80. The second-order valence-electron chi connectivity index (χ2n) is 18.0. The van der Waals surface area contributed by atoms with Crippen molar-refractivity contribution < 1.29 is 70.6 Å². The van der Waals surface area contributed by atoms with E-state index in [2.05, 4.69) is 51.2 Å². The standard InChI is InChI=1S/C45H49N6O16P3/c46-42-28(23-51(45(55)48-42)36-14-12-29(64-36)24-63-69(59,60)67-70(61,62)66-68(56,57)58)6-1-15-47-43(52)27-11-13-30(44(53)54)33(22-27)37-34-20-25-7-2-16-49-18-4-9-31(38(25)49)40(34)65-41-32-10-5-19-50-17-3-8-26(39(32)50)21-35(37)41/h11,13,20,22-23,29,36H,2-5,7-10,12,14-19,21,24H2,(H,47,52)(H,53,54)(H,59,60)(H,61,62)(H2,46,48,55)(H2,56,57,58)/t29-,36+/m0/s1. The Labute approximate surface area is 400 Å². The molecule has 1 aliphatic carbocycles. The minimum Gasteiger partial charge on any atom is -0.478 e. The van der Waals surface area contributed by atoms with Crippen molar-refractivity contribution in [2.75, 3.05) is 50.0 Å². The third-order valence-electron chi connectivity index (χ3n) is 13.4. The number of rotatable bonds is 12. The molecule has 8 N–H and O–H groups in total. The molecule has 2 saturated heterocycles. The summed E-state index contributed by atoms with van der Waals surface area (Å²) in [5.74, 6) is 5.36. The maximum atomic E-state index is 14.0. The van der Waals surface area contributed by atoms with Crippen LogP contribution in [0.25, 0.3) is 5.57 Å². The Kier molecular flexibility index (Phi) is 12.9. The lowest BCUT2D eigenvalue weighted by Crippen LogP contribution is -2.38. The molecule has 2 aromatic carbocycles. The zero-order valence-electron chi connectivity index (χ0n) is 37.5. The van der Waals surface area contributed by atoms with Crippen LogP contribution in [0, 0.1) is 11.8 Å². The summed E-state index contributed by atoms with van der Waals surface area (Å²) >= 11 is 0. The minimum absolute atomic E-state index is 0.0627. The van der Waals surface area contributed by atoms with E-state index in [1.165, 1.54) is 46.4 Å². The lowest BCUT2D eigenvalue weighted by atomic mass is 9.75. The SMILES string of the molecule is Nc1nc(=O)n([C@H]2CC[C@@H](COP(=O)(O)OP(=O)(O)OP(=O)(O)O)O2)cc1C#CCNC(=O)c1ccc(C(=O)O)c(C2=C3CC4=C5C(=C3Oc3c2cc2c6c3CCCN6CCC2)CCCN5CCC4)c1. The quantitative estimate of drug-likeness (QED) is 0.0925. The number of nitrogens with one attached hydrogen (secondary N) is 1. The molecule has 7 aliphatic rings. The summed E-state index contributed by atoms with van der Waals surface area (Å²) in [7, 11) is -16.7. The number of carbonyl (C=O) groups is 2. The van der Waals surface area contributed by atoms with Gasteiger partial charge in [0.15, 0.2) is 0 Å². The number of nitrogen functional groups attached to an aromatic ring is 1. The maximum absolute atomic E-state index is 14.0. The topological polar surface area (TPSA) is 312 Å². The van der Waals surface area contributed by atoms with Gasteiger partial charge < -0.3 is 55.0 Å². The number of anilines is 2. The number of carboxylic acids is 1. The molecule has 1 amide bonds. The Balaban J connectivity index is 0.899. The van der Waals surface area contributed by atoms with Gasteiger partial charge in [-0.1, -0.05) is 11.8 Å². The highest BCUT2D eigenvalue weighted by Crippen LogP contribution is 2.66. The Bertz CT molecular complexity index is 3130. The van der Waals surface area contributed by atoms with Crippen LogP contribution in [0.1, 0.15) is 113 Å². The molecule has 22 nitrogen and oxygen atoms in total. The largest absolute Gasteiger partial charge is 0.490 e. The number of allylic oxidation sites excluding steroid dienone is 3. The molecule has 7 heterocycles. The number of piperidine rings is 1. The van der Waals surface area contributed by atoms with Crippen molar-refractivity contribution in [3.05, 3.63) is 108 Å². The summed E-state index contributed by atoms with van der Waals surface area (Å²) in [6.07, 6.45) is 7.81. The molecular formula is C45H49N6O16P3. The molecule has 0 saturated carbocycles. The van der Waals surface area contributed by atoms with Gasteiger partial charge in [0.25, 0.3) is 5.91 Å². The Morgan fingerprint density at radius 3 is 2.41 bits per heavy atom. The van der Waals surface area contributed by atoms with E-state index in [0.717, 1.165) is 116 Å². The van der Waals surface area contributed by atoms with E-state index in [1.54, 1.807) is 6.07 Å². The second kappa shape index (κ2) is 18.7. The fourth-order valence-corrected chi connectivity index (χ4v) is 13.8. The van der Waals surface area contributed by atoms with Gasteiger partial charge in [0.2, 0.25) is 0 Å². The van der Waals surface area contributed by atoms with Crippen LogP contribution in [0.5, 0.6) is 5.75 Å². The van der Waals surface area contributed by atoms with Crippen LogP contribution in [0.3, 0.4) is 0 Å². The van der Waals surface area contributed by atoms with Gasteiger partial charge in [-0.3, -0.25) is 13.9 Å². The lowest BCUT2D eigenvalue weighted by molar-refractivity contribution is -0.0242. The number of nitrogens with two attached hydrogens (primary N) is 1. The Hall–Kier alpha value is -5.39. The highest BCUT2D eigenvalue weighted by atomic mass is 31.3. The average molecular weight is 1020 g/mol. The van der Waals surface area contributed by atoms with Gasteiger partial charge in [0.05, 0.1) is 30.4 Å². The normalized spacial score (nSPS) is 22.1. The van der Waals surface area contributed by atoms with E-state index in [0.29, 0.717) is 12.0 Å². The number of ether oxygens (including phenoxy) is 2. The molecule has 1 aromatic heterocycles. The van der Waals surface area contributed by atoms with Crippen molar-refractivity contribution in [3.63, 3.8) is 0 Å². The van der Waals surface area contributed by atoms with Gasteiger partial charge in [-0.2, -0.15) is 13.6 Å². The smallest absolute Gasteiger partial charge is 0.478 e. The first-order valence-corrected chi connectivity index (χ1v) is 27.4. The summed E-state index contributed by atoms with van der Waals surface area (Å²) in [5, 5.41) is 13.5. The van der Waals surface area contributed by atoms with Crippen molar-refractivity contribution in [1.82, 2.24) is 19.8 Å². The molecule has 6 aliphatic heterocycles. The molecule has 370 valence electrons. The van der Waals surface area contributed by atoms with Crippen LogP contribution in [-0.4, -0.2) is 96.4 Å². The van der Waals surface area contributed by atoms with E-state index >= 15 is 0 Å². The lowest BCUT2D eigenvalue weighted by Gasteiger charge is -2.45. The number of aromatic nitrogens is 2. The number of aryl methyl sites for hydroxylation is 1. The van der Waals surface area contributed by atoms with Gasteiger partial charge in [0.1, 0.15) is 23.6 Å². The molecule has 25 heteroatoms. The number of phosphoric ester groups is 1. The summed E-state index contributed by atoms with van der Waals surface area (Å²) in [6.45, 7) is 3.05. The Morgan fingerprint density at radius 1 is 0.900 bits per heavy atom. The van der Waals surface area contributed by atoms with E-state index in [4.69, 9.17) is 25.0 Å². The monoisotopic (exact) mass is 1020 g/mol. The summed E-state index contributed by atoms with van der Waals surface area (Å²) < 4.78 is 60.9. The predicted molar refractivity (Wildman–Crippen MR) is 249 cm³/mol. The molecule has 4 atom stereocenters. The molecule has 0 spiro atoms. The van der Waals surface area contributed by atoms with Crippen LogP contribution in [0.15, 0.2) is 63.4 Å². The van der Waals surface area contributed by atoms with Crippen molar-refractivity contribution in [1.29, 1.82) is 0 Å². The van der Waals surface area contributed by atoms with E-state index in [9.17, 15) is 43.0 Å². The first kappa shape index (κ1) is 48.2. The number of nitrogens with zero attached hydrogens (tertiary/aromatic N) is 4. The van der Waals surface area contributed by atoms with Crippen LogP contribution >= 0.6 is 23.5 Å². The fourth-order valence-electron chi connectivity index (χ4n) is 10.8. The molecule has 70 heavy (non-hydrogen) atoms. The highest BCUT2D eigenvalue weighted by Gasteiger charge is 2.43. The fraction of sp³-hybridized carbons (Fsp3) is 0.422. The molecule has 0 bridgehead atoms. The van der Waals surface area contributed by atoms with Crippen LogP contribution in [0.2, 0.25) is 0 Å². The number of aromatic carboxylic acids is 1. The Morgan fingerprint density at radius 2 is 1.64 bits per heavy atom. The summed E-state index contributed by atoms with van der Waals surface area (Å²) in [4.78, 5) is 85.5. The predicted octanol–water partition coefficient (Wildman–Crippen LogP) is 5.02. The number of carboxylic acid groups (broad SMARTS) is 1. The van der Waals surface area contributed by atoms with Gasteiger partial charge in [-0.25, -0.2) is 23.3 Å². The van der Waals surface area contributed by atoms with Gasteiger partial charge in [0, 0.05) is 83.6 Å². The van der Waals surface area contributed by atoms with E-state index in [1.807, 2.05) is 0 Å². The number of benzene rings is 2. The number of phosphoric acid groups is 3. The van der Waals surface area contributed by atoms with Crippen molar-refractivity contribution in [2.24, 2.45) is 0 Å². The van der Waals surface area contributed by atoms with Gasteiger partial charge in [-0.15, -0.1) is 0 Å². The minimum atomic E-state index is -5.72. The zero-order chi connectivity index (χ0) is 49.3. The first-order chi connectivity index (χ1) is 33.3. The van der Waals surface area contributed by atoms with Crippen LogP contribution < -0.4 is 26.4 Å². The average Bonchev–Trinajstić information content (AvgIpc) is 3.78. The molecule has 2 fully saturated rings. The maximum Gasteiger partial charge on any atom is 0.490 e. The second-order valence-corrected chi connectivity index (χ2v) is 22.4. The van der Waals surface area contributed by atoms with Crippen LogP contribution in [0.4, 0.5) is 11.5 Å². The van der Waals surface area contributed by atoms with Crippen molar-refractivity contribution >= 4 is 52.4 Å². The van der Waals surface area contributed by atoms with Crippen LogP contribution in [-0.2, 0) is 44.4 Å². The van der Waals surface area contributed by atoms with Gasteiger partial charge >= 0.3 is 35.1 Å². The molecular weight excluding hydrogens is 973 g/mol. The molecule has 3 aromatic rings. The van der Waals surface area contributed by atoms with Crippen molar-refractivity contribution in [3.8, 4) is 17.6 Å². The number of carbonyl (C=O) groups excluding carboxylic acids is 1. The third kappa shape index (κ3) is 9.57. The van der Waals surface area contributed by atoms with Gasteiger partial charge in [-0.05, 0) is 105 Å². The molecule has 2 unspecified atom stereocenters. The summed E-state index contributed by atoms with van der Waals surface area (Å²) in [5.41, 5.74) is 16.0. The number of hydrogen-bond acceptors (Lipinski definition) is 15. The number of amides is 1. The number of fused-ring (bicyclic) bond motifs is 3. The zero-order valence-corrected chi connectivity index (χ0v) is 40.2. The third-order valence-corrected chi connectivity index (χ3v) is 17.2. The van der Waals surface area contributed by atoms with E-state index in [-0.39, 0.29) is 41.9 Å². The molecule has 10 rings (SSSR count). The van der Waals surface area contributed by atoms with Crippen molar-refractivity contribution in [2.45, 2.75) is 83.0 Å².